The lowest BCUT2D eigenvalue weighted by Gasteiger charge is -2.15. The fourth-order valence-corrected chi connectivity index (χ4v) is 2.95. The van der Waals surface area contributed by atoms with E-state index in [4.69, 9.17) is 21.1 Å². The average molecular weight is 439 g/mol. The molecule has 3 aromatic carbocycles. The minimum atomic E-state index is -0.732. The standard InChI is InChI=1S/C24H23ClN2O4/c1-16(31-15-17-7-6-10-20(13-17)30-2)23(28)27-22-14-18(11-12-21(22)25)24(29)26-19-8-4-3-5-9-19/h3-14,16H,15H2,1-2H3,(H,26,29)(H,27,28). The SMILES string of the molecule is COc1cccc(COC(C)C(=O)Nc2cc(C(=O)Nc3ccccc3)ccc2Cl)c1. The Morgan fingerprint density at radius 3 is 2.48 bits per heavy atom. The third-order valence-electron chi connectivity index (χ3n) is 4.52. The summed E-state index contributed by atoms with van der Waals surface area (Å²) in [6.45, 7) is 1.90. The minimum Gasteiger partial charge on any atom is -0.497 e. The number of amides is 2. The Bertz CT molecular complexity index is 1060. The summed E-state index contributed by atoms with van der Waals surface area (Å²) in [6, 6.07) is 21.2. The van der Waals surface area contributed by atoms with Gasteiger partial charge < -0.3 is 20.1 Å². The molecule has 0 aliphatic rings. The van der Waals surface area contributed by atoms with E-state index in [1.807, 2.05) is 42.5 Å². The van der Waals surface area contributed by atoms with Gasteiger partial charge in [0.15, 0.2) is 0 Å². The summed E-state index contributed by atoms with van der Waals surface area (Å²) in [7, 11) is 1.59. The van der Waals surface area contributed by atoms with E-state index in [-0.39, 0.29) is 18.4 Å². The van der Waals surface area contributed by atoms with E-state index in [2.05, 4.69) is 10.6 Å². The number of para-hydroxylation sites is 1. The lowest BCUT2D eigenvalue weighted by molar-refractivity contribution is -0.127. The molecule has 7 heteroatoms. The van der Waals surface area contributed by atoms with Crippen LogP contribution in [0.2, 0.25) is 5.02 Å². The molecule has 31 heavy (non-hydrogen) atoms. The Labute approximate surface area is 186 Å². The zero-order valence-electron chi connectivity index (χ0n) is 17.2. The van der Waals surface area contributed by atoms with Gasteiger partial charge in [0.25, 0.3) is 11.8 Å². The van der Waals surface area contributed by atoms with Crippen molar-refractivity contribution in [3.8, 4) is 5.75 Å². The van der Waals surface area contributed by atoms with Crippen molar-refractivity contribution in [1.29, 1.82) is 0 Å². The molecule has 1 atom stereocenters. The number of benzene rings is 3. The molecule has 0 aliphatic heterocycles. The molecule has 0 aromatic heterocycles. The van der Waals surface area contributed by atoms with Crippen LogP contribution in [-0.4, -0.2) is 25.0 Å². The normalized spacial score (nSPS) is 11.5. The van der Waals surface area contributed by atoms with Gasteiger partial charge in [-0.1, -0.05) is 41.9 Å². The van der Waals surface area contributed by atoms with Crippen molar-refractivity contribution in [3.05, 3.63) is 88.9 Å². The van der Waals surface area contributed by atoms with E-state index in [1.54, 1.807) is 38.3 Å². The number of anilines is 2. The van der Waals surface area contributed by atoms with Gasteiger partial charge in [0.2, 0.25) is 0 Å². The van der Waals surface area contributed by atoms with Gasteiger partial charge in [-0.3, -0.25) is 9.59 Å². The molecule has 0 fully saturated rings. The van der Waals surface area contributed by atoms with Crippen LogP contribution in [0.1, 0.15) is 22.8 Å². The van der Waals surface area contributed by atoms with Crippen LogP contribution in [0.3, 0.4) is 0 Å². The fourth-order valence-electron chi connectivity index (χ4n) is 2.78. The first-order valence-electron chi connectivity index (χ1n) is 9.67. The molecule has 0 spiro atoms. The molecule has 0 bridgehead atoms. The Hall–Kier alpha value is -3.35. The van der Waals surface area contributed by atoms with E-state index < -0.39 is 6.10 Å². The van der Waals surface area contributed by atoms with E-state index in [0.717, 1.165) is 11.3 Å². The largest absolute Gasteiger partial charge is 0.497 e. The van der Waals surface area contributed by atoms with Gasteiger partial charge in [-0.15, -0.1) is 0 Å². The maximum absolute atomic E-state index is 12.6. The molecule has 0 heterocycles. The molecular formula is C24H23ClN2O4. The van der Waals surface area contributed by atoms with Crippen LogP contribution in [0.15, 0.2) is 72.8 Å². The van der Waals surface area contributed by atoms with Crippen molar-refractivity contribution in [2.24, 2.45) is 0 Å². The van der Waals surface area contributed by atoms with Crippen LogP contribution in [0, 0.1) is 0 Å². The zero-order valence-corrected chi connectivity index (χ0v) is 18.0. The average Bonchev–Trinajstić information content (AvgIpc) is 2.79. The maximum Gasteiger partial charge on any atom is 0.255 e. The summed E-state index contributed by atoms with van der Waals surface area (Å²) < 4.78 is 10.9. The van der Waals surface area contributed by atoms with Crippen LogP contribution in [0.25, 0.3) is 0 Å². The Morgan fingerprint density at radius 1 is 0.968 bits per heavy atom. The van der Waals surface area contributed by atoms with Gasteiger partial charge in [0.05, 0.1) is 24.4 Å². The molecular weight excluding hydrogens is 416 g/mol. The first-order chi connectivity index (χ1) is 15.0. The van der Waals surface area contributed by atoms with Gasteiger partial charge in [0.1, 0.15) is 11.9 Å². The number of halogens is 1. The van der Waals surface area contributed by atoms with Gasteiger partial charge in [0, 0.05) is 11.3 Å². The van der Waals surface area contributed by atoms with Crippen LogP contribution in [-0.2, 0) is 16.1 Å². The van der Waals surface area contributed by atoms with Gasteiger partial charge in [-0.25, -0.2) is 0 Å². The molecule has 2 N–H and O–H groups in total. The predicted octanol–water partition coefficient (Wildman–Crippen LogP) is 5.14. The summed E-state index contributed by atoms with van der Waals surface area (Å²) >= 11 is 6.22. The highest BCUT2D eigenvalue weighted by Gasteiger charge is 2.17. The van der Waals surface area contributed by atoms with E-state index >= 15 is 0 Å². The number of methoxy groups -OCH3 is 1. The summed E-state index contributed by atoms with van der Waals surface area (Å²) in [6.07, 6.45) is -0.732. The third-order valence-corrected chi connectivity index (χ3v) is 4.85. The molecule has 1 unspecified atom stereocenters. The second-order valence-corrected chi connectivity index (χ2v) is 7.22. The first-order valence-corrected chi connectivity index (χ1v) is 10.1. The molecule has 2 amide bonds. The van der Waals surface area contributed by atoms with Crippen molar-refractivity contribution >= 4 is 34.8 Å². The first kappa shape index (κ1) is 22.3. The van der Waals surface area contributed by atoms with Crippen molar-refractivity contribution < 1.29 is 19.1 Å². The lowest BCUT2D eigenvalue weighted by atomic mass is 10.1. The highest BCUT2D eigenvalue weighted by molar-refractivity contribution is 6.34. The Balaban J connectivity index is 1.62. The summed E-state index contributed by atoms with van der Waals surface area (Å²) in [4.78, 5) is 25.1. The van der Waals surface area contributed by atoms with E-state index in [1.165, 1.54) is 6.07 Å². The zero-order chi connectivity index (χ0) is 22.2. The second kappa shape index (κ2) is 10.6. The topological polar surface area (TPSA) is 76.7 Å². The molecule has 0 radical (unpaired) electrons. The van der Waals surface area contributed by atoms with Gasteiger partial charge >= 0.3 is 0 Å². The highest BCUT2D eigenvalue weighted by Crippen LogP contribution is 2.24. The monoisotopic (exact) mass is 438 g/mol. The molecule has 3 rings (SSSR count). The molecule has 0 saturated heterocycles. The Kier molecular flexibility index (Phi) is 7.65. The number of ether oxygens (including phenoxy) is 2. The van der Waals surface area contributed by atoms with Crippen molar-refractivity contribution in [2.75, 3.05) is 17.7 Å². The number of carbonyl (C=O) groups excluding carboxylic acids is 2. The Morgan fingerprint density at radius 2 is 1.74 bits per heavy atom. The summed E-state index contributed by atoms with van der Waals surface area (Å²) in [5, 5.41) is 5.85. The lowest BCUT2D eigenvalue weighted by Crippen LogP contribution is -2.28. The fraction of sp³-hybridized carbons (Fsp3) is 0.167. The number of carbonyl (C=O) groups is 2. The van der Waals surface area contributed by atoms with Crippen LogP contribution in [0.4, 0.5) is 11.4 Å². The van der Waals surface area contributed by atoms with Crippen LogP contribution >= 0.6 is 11.6 Å². The van der Waals surface area contributed by atoms with Crippen LogP contribution < -0.4 is 15.4 Å². The van der Waals surface area contributed by atoms with Crippen molar-refractivity contribution in [2.45, 2.75) is 19.6 Å². The summed E-state index contributed by atoms with van der Waals surface area (Å²) in [5.41, 5.74) is 2.27. The third kappa shape index (κ3) is 6.31. The number of hydrogen-bond donors (Lipinski definition) is 2. The van der Waals surface area contributed by atoms with E-state index in [9.17, 15) is 9.59 Å². The highest BCUT2D eigenvalue weighted by atomic mass is 35.5. The minimum absolute atomic E-state index is 0.249. The van der Waals surface area contributed by atoms with E-state index in [0.29, 0.717) is 22.0 Å². The van der Waals surface area contributed by atoms with Crippen LogP contribution in [0.5, 0.6) is 5.75 Å². The molecule has 3 aromatic rings. The number of hydrogen-bond acceptors (Lipinski definition) is 4. The molecule has 0 saturated carbocycles. The number of rotatable bonds is 8. The van der Waals surface area contributed by atoms with Crippen molar-refractivity contribution in [3.63, 3.8) is 0 Å². The second-order valence-electron chi connectivity index (χ2n) is 6.81. The van der Waals surface area contributed by atoms with Crippen molar-refractivity contribution in [1.82, 2.24) is 0 Å². The van der Waals surface area contributed by atoms with Gasteiger partial charge in [-0.2, -0.15) is 0 Å². The van der Waals surface area contributed by atoms with Gasteiger partial charge in [-0.05, 0) is 55.0 Å². The smallest absolute Gasteiger partial charge is 0.255 e. The number of nitrogens with one attached hydrogen (secondary N) is 2. The summed E-state index contributed by atoms with van der Waals surface area (Å²) in [5.74, 6) is 0.0432. The molecule has 6 nitrogen and oxygen atoms in total. The molecule has 160 valence electrons. The quantitative estimate of drug-likeness (QED) is 0.510. The maximum atomic E-state index is 12.6. The molecule has 0 aliphatic carbocycles. The predicted molar refractivity (Wildman–Crippen MR) is 122 cm³/mol.